The van der Waals surface area contributed by atoms with Gasteiger partial charge < -0.3 is 15.2 Å². The molecule has 23 heavy (non-hydrogen) atoms. The first-order valence-corrected chi connectivity index (χ1v) is 10.0. The quantitative estimate of drug-likeness (QED) is 0.720. The highest BCUT2D eigenvalue weighted by molar-refractivity contribution is 14.1. The lowest BCUT2D eigenvalue weighted by Gasteiger charge is -2.39. The van der Waals surface area contributed by atoms with E-state index in [9.17, 15) is 4.79 Å². The van der Waals surface area contributed by atoms with E-state index < -0.39 is 0 Å². The lowest BCUT2D eigenvalue weighted by Crippen LogP contribution is -2.45. The van der Waals surface area contributed by atoms with E-state index in [1.807, 2.05) is 16.7 Å². The van der Waals surface area contributed by atoms with E-state index in [-0.39, 0.29) is 5.92 Å². The van der Waals surface area contributed by atoms with Gasteiger partial charge in [-0.2, -0.15) is 11.8 Å². The molecule has 2 aliphatic rings. The first-order valence-electron chi connectivity index (χ1n) is 7.78. The number of carbonyl (C=O) groups is 1. The Morgan fingerprint density at radius 1 is 1.30 bits per heavy atom. The average Bonchev–Trinajstić information content (AvgIpc) is 2.85. The van der Waals surface area contributed by atoms with Crippen LogP contribution in [-0.2, 0) is 4.79 Å². The molecule has 1 saturated carbocycles. The first kappa shape index (κ1) is 15.5. The second-order valence-electron chi connectivity index (χ2n) is 6.10. The highest BCUT2D eigenvalue weighted by Crippen LogP contribution is 2.42. The van der Waals surface area contributed by atoms with Crippen molar-refractivity contribution >= 4 is 57.1 Å². The van der Waals surface area contributed by atoms with Crippen molar-refractivity contribution in [2.45, 2.75) is 18.9 Å². The summed E-state index contributed by atoms with van der Waals surface area (Å²) in [5, 5.41) is 0.927. The Labute approximate surface area is 152 Å². The largest absolute Gasteiger partial charge is 0.383 e. The van der Waals surface area contributed by atoms with Gasteiger partial charge in [0.15, 0.2) is 0 Å². The molecular weight excluding hydrogens is 425 g/mol. The fourth-order valence-electron chi connectivity index (χ4n) is 3.40. The Morgan fingerprint density at radius 3 is 2.78 bits per heavy atom. The number of nitrogen functional groups attached to an aromatic ring is 1. The van der Waals surface area contributed by atoms with E-state index >= 15 is 0 Å². The Hall–Kier alpha value is -1.03. The van der Waals surface area contributed by atoms with Gasteiger partial charge >= 0.3 is 0 Å². The van der Waals surface area contributed by atoms with Crippen molar-refractivity contribution in [1.82, 2.24) is 19.4 Å². The summed E-state index contributed by atoms with van der Waals surface area (Å²) in [6, 6.07) is 0.337. The third-order valence-electron chi connectivity index (χ3n) is 4.77. The average molecular weight is 443 g/mol. The van der Waals surface area contributed by atoms with Gasteiger partial charge in [-0.05, 0) is 35.4 Å². The van der Waals surface area contributed by atoms with Crippen LogP contribution in [0.2, 0.25) is 0 Å². The number of amides is 1. The molecule has 0 aromatic carbocycles. The van der Waals surface area contributed by atoms with Crippen molar-refractivity contribution < 1.29 is 4.79 Å². The topological polar surface area (TPSA) is 77.0 Å². The van der Waals surface area contributed by atoms with Crippen molar-refractivity contribution in [1.29, 1.82) is 0 Å². The molecule has 3 heterocycles. The zero-order valence-corrected chi connectivity index (χ0v) is 15.6. The number of anilines is 1. The fraction of sp³-hybridized carbons (Fsp3) is 0.533. The molecule has 0 bridgehead atoms. The first-order chi connectivity index (χ1) is 11.1. The highest BCUT2D eigenvalue weighted by atomic mass is 127. The highest BCUT2D eigenvalue weighted by Gasteiger charge is 2.38. The number of nitrogens with zero attached hydrogens (tertiary/aromatic N) is 4. The molecule has 0 spiro atoms. The van der Waals surface area contributed by atoms with Crippen LogP contribution in [0.25, 0.3) is 11.0 Å². The summed E-state index contributed by atoms with van der Waals surface area (Å²) in [7, 11) is 0. The van der Waals surface area contributed by atoms with Crippen LogP contribution in [0, 0.1) is 9.49 Å². The zero-order valence-electron chi connectivity index (χ0n) is 12.6. The standard InChI is InChI=1S/C15H18IN5OS/c16-11-7-21(14-12(11)13(17)18-8-19-14)10-5-9(6-10)15(22)20-1-3-23-4-2-20/h7-10H,1-6H2,(H2,17,18,19)/t9-,10+. The van der Waals surface area contributed by atoms with Gasteiger partial charge in [0.05, 0.1) is 5.39 Å². The Kier molecular flexibility index (Phi) is 4.12. The summed E-state index contributed by atoms with van der Waals surface area (Å²) in [6.07, 6.45) is 5.38. The maximum absolute atomic E-state index is 12.5. The van der Waals surface area contributed by atoms with Crippen molar-refractivity contribution in [2.24, 2.45) is 5.92 Å². The van der Waals surface area contributed by atoms with Crippen LogP contribution in [0.15, 0.2) is 12.5 Å². The number of thioether (sulfide) groups is 1. The number of halogens is 1. The molecule has 1 saturated heterocycles. The monoisotopic (exact) mass is 443 g/mol. The Bertz CT molecular complexity index is 752. The van der Waals surface area contributed by atoms with Crippen LogP contribution < -0.4 is 5.73 Å². The lowest BCUT2D eigenvalue weighted by atomic mass is 9.79. The predicted octanol–water partition coefficient (Wildman–Crippen LogP) is 2.14. The minimum Gasteiger partial charge on any atom is -0.383 e. The van der Waals surface area contributed by atoms with Gasteiger partial charge in [-0.3, -0.25) is 4.79 Å². The van der Waals surface area contributed by atoms with E-state index in [0.717, 1.165) is 52.0 Å². The normalized spacial score (nSPS) is 24.7. The lowest BCUT2D eigenvalue weighted by molar-refractivity contribution is -0.139. The Morgan fingerprint density at radius 2 is 2.04 bits per heavy atom. The van der Waals surface area contributed by atoms with Gasteiger partial charge in [-0.25, -0.2) is 9.97 Å². The van der Waals surface area contributed by atoms with Crippen LogP contribution in [0.4, 0.5) is 5.82 Å². The molecule has 0 radical (unpaired) electrons. The van der Waals surface area contributed by atoms with Crippen LogP contribution in [0.3, 0.4) is 0 Å². The number of hydrogen-bond acceptors (Lipinski definition) is 5. The number of fused-ring (bicyclic) bond motifs is 1. The third kappa shape index (κ3) is 2.69. The number of aromatic nitrogens is 3. The second kappa shape index (κ2) is 6.12. The SMILES string of the molecule is Nc1ncnc2c1c(I)cn2[C@H]1C[C@@H](C(=O)N2CCSCC2)C1. The van der Waals surface area contributed by atoms with Crippen molar-refractivity contribution in [3.05, 3.63) is 16.1 Å². The summed E-state index contributed by atoms with van der Waals surface area (Å²) >= 11 is 4.21. The molecule has 1 aliphatic carbocycles. The minimum absolute atomic E-state index is 0.164. The number of hydrogen-bond donors (Lipinski definition) is 1. The van der Waals surface area contributed by atoms with Gasteiger partial charge in [0, 0.05) is 46.3 Å². The van der Waals surface area contributed by atoms with Crippen molar-refractivity contribution in [2.75, 3.05) is 30.3 Å². The predicted molar refractivity (Wildman–Crippen MR) is 100 cm³/mol. The summed E-state index contributed by atoms with van der Waals surface area (Å²) < 4.78 is 3.24. The molecule has 122 valence electrons. The van der Waals surface area contributed by atoms with Gasteiger partial charge in [0.2, 0.25) is 5.91 Å². The minimum atomic E-state index is 0.164. The molecule has 6 nitrogen and oxygen atoms in total. The number of carbonyl (C=O) groups excluding carboxylic acids is 1. The van der Waals surface area contributed by atoms with E-state index in [1.165, 1.54) is 6.33 Å². The zero-order chi connectivity index (χ0) is 16.0. The molecule has 2 fully saturated rings. The van der Waals surface area contributed by atoms with Gasteiger partial charge in [-0.1, -0.05) is 0 Å². The van der Waals surface area contributed by atoms with Crippen LogP contribution >= 0.6 is 34.4 Å². The maximum Gasteiger partial charge on any atom is 0.225 e. The second-order valence-corrected chi connectivity index (χ2v) is 8.49. The maximum atomic E-state index is 12.5. The molecule has 0 unspecified atom stereocenters. The van der Waals surface area contributed by atoms with Gasteiger partial charge in [0.1, 0.15) is 17.8 Å². The molecule has 8 heteroatoms. The molecule has 1 aliphatic heterocycles. The Balaban J connectivity index is 1.50. The smallest absolute Gasteiger partial charge is 0.225 e. The third-order valence-corrected chi connectivity index (χ3v) is 6.53. The van der Waals surface area contributed by atoms with Gasteiger partial charge in [0.25, 0.3) is 0 Å². The fourth-order valence-corrected chi connectivity index (χ4v) is 5.12. The number of rotatable bonds is 2. The number of nitrogens with two attached hydrogens (primary N) is 1. The summed E-state index contributed by atoms with van der Waals surface area (Å²) in [5.74, 6) is 3.16. The molecule has 2 aromatic heterocycles. The summed E-state index contributed by atoms with van der Waals surface area (Å²) in [5.41, 5.74) is 6.85. The molecule has 2 aromatic rings. The summed E-state index contributed by atoms with van der Waals surface area (Å²) in [4.78, 5) is 23.0. The van der Waals surface area contributed by atoms with Crippen LogP contribution in [0.1, 0.15) is 18.9 Å². The van der Waals surface area contributed by atoms with E-state index in [0.29, 0.717) is 17.8 Å². The molecule has 0 atom stereocenters. The van der Waals surface area contributed by atoms with E-state index in [1.54, 1.807) is 0 Å². The molecule has 1 amide bonds. The van der Waals surface area contributed by atoms with Crippen molar-refractivity contribution in [3.8, 4) is 0 Å². The molecule has 4 rings (SSSR count). The van der Waals surface area contributed by atoms with E-state index in [4.69, 9.17) is 5.73 Å². The molecule has 2 N–H and O–H groups in total. The van der Waals surface area contributed by atoms with E-state index in [2.05, 4.69) is 43.3 Å². The van der Waals surface area contributed by atoms with Crippen LogP contribution in [-0.4, -0.2) is 49.9 Å². The van der Waals surface area contributed by atoms with Crippen molar-refractivity contribution in [3.63, 3.8) is 0 Å². The molecular formula is C15H18IN5OS. The van der Waals surface area contributed by atoms with Crippen LogP contribution in [0.5, 0.6) is 0 Å². The van der Waals surface area contributed by atoms with Gasteiger partial charge in [-0.15, -0.1) is 0 Å². The summed E-state index contributed by atoms with van der Waals surface area (Å²) in [6.45, 7) is 1.80.